The standard InChI is InChI=1S/C13H15NO4S2/c1-18-7-11(12(15)16)10-6-4-3-5-9(10)8-20-13(14-17)19-2/h3-7,17H,8H2,1-2H3,(H,15,16)/b11-7+,14-13-. The van der Waals surface area contributed by atoms with Crippen molar-refractivity contribution < 1.29 is 19.8 Å². The Morgan fingerprint density at radius 2 is 2.15 bits per heavy atom. The van der Waals surface area contributed by atoms with Crippen LogP contribution in [0.25, 0.3) is 5.57 Å². The zero-order chi connectivity index (χ0) is 15.0. The molecular formula is C13H15NO4S2. The molecule has 0 heterocycles. The van der Waals surface area contributed by atoms with Gasteiger partial charge in [-0.05, 0) is 17.4 Å². The summed E-state index contributed by atoms with van der Waals surface area (Å²) < 4.78 is 5.35. The summed E-state index contributed by atoms with van der Waals surface area (Å²) in [5.41, 5.74) is 1.52. The summed E-state index contributed by atoms with van der Waals surface area (Å²) in [5.74, 6) is -0.546. The van der Waals surface area contributed by atoms with E-state index in [1.54, 1.807) is 12.1 Å². The number of carboxylic acid groups (broad SMARTS) is 1. The number of carbonyl (C=O) groups is 1. The summed E-state index contributed by atoms with van der Waals surface area (Å²) in [6, 6.07) is 7.17. The second-order valence-electron chi connectivity index (χ2n) is 3.59. The number of oxime groups is 1. The molecule has 108 valence electrons. The Hall–Kier alpha value is -1.60. The van der Waals surface area contributed by atoms with Gasteiger partial charge < -0.3 is 15.1 Å². The second kappa shape index (κ2) is 8.55. The number of carboxylic acids is 1. The Kier molecular flexibility index (Phi) is 7.03. The highest BCUT2D eigenvalue weighted by Crippen LogP contribution is 2.26. The van der Waals surface area contributed by atoms with Gasteiger partial charge in [0.2, 0.25) is 0 Å². The van der Waals surface area contributed by atoms with Crippen molar-refractivity contribution >= 4 is 39.4 Å². The monoisotopic (exact) mass is 313 g/mol. The number of ether oxygens (including phenoxy) is 1. The summed E-state index contributed by atoms with van der Waals surface area (Å²) >= 11 is 2.67. The van der Waals surface area contributed by atoms with Crippen LogP contribution in [0.15, 0.2) is 35.7 Å². The molecule has 0 fully saturated rings. The third-order valence-electron chi connectivity index (χ3n) is 2.38. The number of hydrogen-bond acceptors (Lipinski definition) is 6. The maximum Gasteiger partial charge on any atom is 0.339 e. The van der Waals surface area contributed by atoms with Crippen molar-refractivity contribution in [3.05, 3.63) is 41.7 Å². The van der Waals surface area contributed by atoms with Crippen molar-refractivity contribution in [2.24, 2.45) is 5.16 Å². The first-order valence-corrected chi connectivity index (χ1v) is 7.78. The number of hydrogen-bond donors (Lipinski definition) is 2. The van der Waals surface area contributed by atoms with Crippen LogP contribution in [0.4, 0.5) is 0 Å². The highest BCUT2D eigenvalue weighted by atomic mass is 32.2. The highest BCUT2D eigenvalue weighted by Gasteiger charge is 2.15. The van der Waals surface area contributed by atoms with E-state index < -0.39 is 5.97 Å². The summed E-state index contributed by atoms with van der Waals surface area (Å²) in [7, 11) is 1.41. The van der Waals surface area contributed by atoms with E-state index in [0.717, 1.165) is 5.56 Å². The molecule has 1 rings (SSSR count). The molecule has 0 amide bonds. The zero-order valence-corrected chi connectivity index (χ0v) is 12.7. The average molecular weight is 313 g/mol. The van der Waals surface area contributed by atoms with Crippen LogP contribution < -0.4 is 0 Å². The van der Waals surface area contributed by atoms with E-state index >= 15 is 0 Å². The van der Waals surface area contributed by atoms with Gasteiger partial charge in [-0.2, -0.15) is 0 Å². The van der Waals surface area contributed by atoms with Crippen LogP contribution in [0.2, 0.25) is 0 Å². The van der Waals surface area contributed by atoms with Gasteiger partial charge in [-0.15, -0.1) is 0 Å². The molecule has 5 nitrogen and oxygen atoms in total. The fourth-order valence-electron chi connectivity index (χ4n) is 1.52. The first-order valence-electron chi connectivity index (χ1n) is 5.57. The SMILES string of the molecule is CO/C=C(/C(=O)O)c1ccccc1CS/C(=N\O)SC. The lowest BCUT2D eigenvalue weighted by Crippen LogP contribution is -2.03. The molecule has 2 N–H and O–H groups in total. The number of nitrogens with zero attached hydrogens (tertiary/aromatic N) is 1. The second-order valence-corrected chi connectivity index (χ2v) is 5.61. The van der Waals surface area contributed by atoms with Crippen LogP contribution in [-0.4, -0.2) is 34.0 Å². The van der Waals surface area contributed by atoms with Gasteiger partial charge in [-0.3, -0.25) is 0 Å². The van der Waals surface area contributed by atoms with Crippen LogP contribution >= 0.6 is 23.5 Å². The van der Waals surface area contributed by atoms with Gasteiger partial charge in [0.25, 0.3) is 0 Å². The van der Waals surface area contributed by atoms with Gasteiger partial charge in [0, 0.05) is 5.75 Å². The molecule has 1 aromatic carbocycles. The van der Waals surface area contributed by atoms with Crippen LogP contribution in [-0.2, 0) is 15.3 Å². The molecule has 0 spiro atoms. The first kappa shape index (κ1) is 16.5. The van der Waals surface area contributed by atoms with E-state index in [-0.39, 0.29) is 5.57 Å². The van der Waals surface area contributed by atoms with E-state index in [4.69, 9.17) is 9.94 Å². The lowest BCUT2D eigenvalue weighted by molar-refractivity contribution is -0.130. The van der Waals surface area contributed by atoms with Gasteiger partial charge in [0.05, 0.1) is 13.4 Å². The van der Waals surface area contributed by atoms with Crippen LogP contribution in [0.5, 0.6) is 0 Å². The maximum atomic E-state index is 11.3. The smallest absolute Gasteiger partial charge is 0.339 e. The molecule has 0 saturated heterocycles. The van der Waals surface area contributed by atoms with Crippen LogP contribution in [0.1, 0.15) is 11.1 Å². The van der Waals surface area contributed by atoms with E-state index in [0.29, 0.717) is 15.7 Å². The van der Waals surface area contributed by atoms with Crippen molar-refractivity contribution in [3.63, 3.8) is 0 Å². The topological polar surface area (TPSA) is 79.1 Å². The van der Waals surface area contributed by atoms with Crippen molar-refractivity contribution in [1.29, 1.82) is 0 Å². The minimum Gasteiger partial charge on any atom is -0.503 e. The normalized spacial score (nSPS) is 12.3. The molecule has 0 aromatic heterocycles. The van der Waals surface area contributed by atoms with Gasteiger partial charge >= 0.3 is 5.97 Å². The molecule has 0 radical (unpaired) electrons. The summed E-state index contributed by atoms with van der Waals surface area (Å²) in [6.07, 6.45) is 3.02. The third kappa shape index (κ3) is 4.50. The van der Waals surface area contributed by atoms with Crippen molar-refractivity contribution in [2.75, 3.05) is 13.4 Å². The Bertz CT molecular complexity index is 529. The quantitative estimate of drug-likeness (QED) is 0.217. The molecule has 0 unspecified atom stereocenters. The number of methoxy groups -OCH3 is 1. The Labute approximate surface area is 125 Å². The number of rotatable bonds is 5. The van der Waals surface area contributed by atoms with E-state index in [1.165, 1.54) is 36.9 Å². The summed E-state index contributed by atoms with van der Waals surface area (Å²) in [5, 5.41) is 21.2. The lowest BCUT2D eigenvalue weighted by atomic mass is 10.0. The molecule has 0 aliphatic rings. The molecule has 0 saturated carbocycles. The maximum absolute atomic E-state index is 11.3. The summed E-state index contributed by atoms with van der Waals surface area (Å²) in [6.45, 7) is 0. The largest absolute Gasteiger partial charge is 0.503 e. The Morgan fingerprint density at radius 3 is 2.70 bits per heavy atom. The minimum atomic E-state index is -1.05. The molecule has 0 atom stereocenters. The zero-order valence-electron chi connectivity index (χ0n) is 11.1. The average Bonchev–Trinajstić information content (AvgIpc) is 2.46. The van der Waals surface area contributed by atoms with E-state index in [9.17, 15) is 9.90 Å². The number of benzene rings is 1. The highest BCUT2D eigenvalue weighted by molar-refractivity contribution is 8.38. The van der Waals surface area contributed by atoms with E-state index in [1.807, 2.05) is 18.4 Å². The Morgan fingerprint density at radius 1 is 1.45 bits per heavy atom. The van der Waals surface area contributed by atoms with Crippen LogP contribution in [0.3, 0.4) is 0 Å². The lowest BCUT2D eigenvalue weighted by Gasteiger charge is -2.09. The van der Waals surface area contributed by atoms with Crippen molar-refractivity contribution in [1.82, 2.24) is 0 Å². The molecule has 0 aliphatic heterocycles. The fourth-order valence-corrected chi connectivity index (χ4v) is 2.84. The Balaban J connectivity index is 3.04. The molecule has 1 aromatic rings. The van der Waals surface area contributed by atoms with Crippen LogP contribution in [0, 0.1) is 0 Å². The molecule has 7 heteroatoms. The molecular weight excluding hydrogens is 298 g/mol. The third-order valence-corrected chi connectivity index (χ3v) is 4.45. The minimum absolute atomic E-state index is 0.0929. The van der Waals surface area contributed by atoms with Crippen molar-refractivity contribution in [2.45, 2.75) is 5.75 Å². The molecule has 0 aliphatic carbocycles. The first-order chi connectivity index (χ1) is 9.63. The number of thioether (sulfide) groups is 2. The fraction of sp³-hybridized carbons (Fsp3) is 0.231. The number of aliphatic carboxylic acids is 1. The van der Waals surface area contributed by atoms with Gasteiger partial charge in [-0.1, -0.05) is 52.9 Å². The molecule has 20 heavy (non-hydrogen) atoms. The summed E-state index contributed by atoms with van der Waals surface area (Å²) in [4.78, 5) is 11.3. The predicted molar refractivity (Wildman–Crippen MR) is 83.1 cm³/mol. The molecule has 0 bridgehead atoms. The van der Waals surface area contributed by atoms with Gasteiger partial charge in [-0.25, -0.2) is 4.79 Å². The predicted octanol–water partition coefficient (Wildman–Crippen LogP) is 3.10. The van der Waals surface area contributed by atoms with Gasteiger partial charge in [0.15, 0.2) is 4.38 Å². The van der Waals surface area contributed by atoms with Crippen molar-refractivity contribution in [3.8, 4) is 0 Å². The van der Waals surface area contributed by atoms with E-state index in [2.05, 4.69) is 5.16 Å². The van der Waals surface area contributed by atoms with Gasteiger partial charge in [0.1, 0.15) is 5.57 Å².